The molecule has 1 amide bonds. The fourth-order valence-corrected chi connectivity index (χ4v) is 3.67. The van der Waals surface area contributed by atoms with Gasteiger partial charge in [0.25, 0.3) is 0 Å². The second-order valence-electron chi connectivity index (χ2n) is 6.81. The summed E-state index contributed by atoms with van der Waals surface area (Å²) < 4.78 is 5.44. The van der Waals surface area contributed by atoms with Crippen LogP contribution in [0, 0.1) is 5.92 Å². The molecule has 0 radical (unpaired) electrons. The van der Waals surface area contributed by atoms with Crippen LogP contribution in [0.25, 0.3) is 0 Å². The van der Waals surface area contributed by atoms with Crippen molar-refractivity contribution in [3.63, 3.8) is 0 Å². The molecule has 1 fully saturated rings. The predicted octanol–water partition coefficient (Wildman–Crippen LogP) is 2.10. The highest BCUT2D eigenvalue weighted by Crippen LogP contribution is 2.24. The standard InChI is InChI=1S/C19H21N3O3/c23-17-9-14(11-22(17)10-13-5-2-1-3-6-13)12-25-19(24)18-15-7-4-8-16(15)20-21-18/h1-3,5-6,14H,4,7-12H2,(H,20,21)/t14-/m0/s1. The maximum absolute atomic E-state index is 12.3. The van der Waals surface area contributed by atoms with Crippen LogP contribution in [-0.2, 0) is 28.9 Å². The molecule has 6 nitrogen and oxygen atoms in total. The minimum absolute atomic E-state index is 0.0483. The van der Waals surface area contributed by atoms with E-state index in [2.05, 4.69) is 10.2 Å². The summed E-state index contributed by atoms with van der Waals surface area (Å²) in [7, 11) is 0. The van der Waals surface area contributed by atoms with Crippen molar-refractivity contribution in [1.82, 2.24) is 15.1 Å². The summed E-state index contributed by atoms with van der Waals surface area (Å²) in [5.74, 6) is -0.217. The van der Waals surface area contributed by atoms with Crippen molar-refractivity contribution in [2.45, 2.75) is 32.2 Å². The number of carbonyl (C=O) groups excluding carboxylic acids is 2. The number of hydrogen-bond donors (Lipinski definition) is 1. The van der Waals surface area contributed by atoms with Crippen molar-refractivity contribution < 1.29 is 14.3 Å². The number of aromatic amines is 1. The lowest BCUT2D eigenvalue weighted by Gasteiger charge is -2.16. The maximum atomic E-state index is 12.3. The highest BCUT2D eigenvalue weighted by atomic mass is 16.5. The normalized spacial score (nSPS) is 19.3. The fraction of sp³-hybridized carbons (Fsp3) is 0.421. The second kappa shape index (κ2) is 6.70. The van der Waals surface area contributed by atoms with Gasteiger partial charge in [0.05, 0.1) is 6.61 Å². The number of nitrogens with zero attached hydrogens (tertiary/aromatic N) is 2. The Morgan fingerprint density at radius 3 is 2.96 bits per heavy atom. The van der Waals surface area contributed by atoms with Crippen LogP contribution in [0.5, 0.6) is 0 Å². The summed E-state index contributed by atoms with van der Waals surface area (Å²) >= 11 is 0. The van der Waals surface area contributed by atoms with Crippen molar-refractivity contribution in [2.24, 2.45) is 5.92 Å². The van der Waals surface area contributed by atoms with Crippen LogP contribution >= 0.6 is 0 Å². The van der Waals surface area contributed by atoms with E-state index in [4.69, 9.17) is 4.74 Å². The second-order valence-corrected chi connectivity index (χ2v) is 6.81. The van der Waals surface area contributed by atoms with Crippen LogP contribution < -0.4 is 0 Å². The first-order valence-electron chi connectivity index (χ1n) is 8.75. The molecule has 2 aromatic rings. The third-order valence-corrected chi connectivity index (χ3v) is 4.96. The Balaban J connectivity index is 1.31. The van der Waals surface area contributed by atoms with E-state index in [1.165, 1.54) is 0 Å². The van der Waals surface area contributed by atoms with Gasteiger partial charge in [-0.3, -0.25) is 9.89 Å². The molecule has 1 aliphatic carbocycles. The summed E-state index contributed by atoms with van der Waals surface area (Å²) in [6.07, 6.45) is 3.30. The Morgan fingerprint density at radius 1 is 1.28 bits per heavy atom. The van der Waals surface area contributed by atoms with E-state index < -0.39 is 0 Å². The molecule has 6 heteroatoms. The van der Waals surface area contributed by atoms with Gasteiger partial charge in [-0.2, -0.15) is 5.10 Å². The number of benzene rings is 1. The van der Waals surface area contributed by atoms with Gasteiger partial charge in [-0.15, -0.1) is 0 Å². The number of rotatable bonds is 5. The number of esters is 1. The zero-order chi connectivity index (χ0) is 17.2. The minimum Gasteiger partial charge on any atom is -0.461 e. The van der Waals surface area contributed by atoms with E-state index in [1.807, 2.05) is 35.2 Å². The van der Waals surface area contributed by atoms with Crippen LogP contribution in [-0.4, -0.2) is 40.1 Å². The molecule has 1 saturated heterocycles. The van der Waals surface area contributed by atoms with Gasteiger partial charge < -0.3 is 9.64 Å². The smallest absolute Gasteiger partial charge is 0.359 e. The molecule has 0 bridgehead atoms. The number of amides is 1. The zero-order valence-corrected chi connectivity index (χ0v) is 14.0. The van der Waals surface area contributed by atoms with Gasteiger partial charge in [-0.25, -0.2) is 4.79 Å². The molecule has 0 spiro atoms. The number of nitrogens with one attached hydrogen (secondary N) is 1. The average Bonchev–Trinajstić information content (AvgIpc) is 3.30. The molecule has 1 aromatic carbocycles. The van der Waals surface area contributed by atoms with Crippen LogP contribution in [0.1, 0.15) is 40.2 Å². The Bertz CT molecular complexity index is 784. The Morgan fingerprint density at radius 2 is 2.12 bits per heavy atom. The summed E-state index contributed by atoms with van der Waals surface area (Å²) in [6, 6.07) is 9.93. The number of fused-ring (bicyclic) bond motifs is 1. The van der Waals surface area contributed by atoms with Crippen molar-refractivity contribution in [3.05, 3.63) is 52.8 Å². The first-order chi connectivity index (χ1) is 12.2. The number of ether oxygens (including phenoxy) is 1. The molecule has 4 rings (SSSR count). The lowest BCUT2D eigenvalue weighted by molar-refractivity contribution is -0.128. The number of aromatic nitrogens is 2. The number of likely N-dealkylation sites (tertiary alicyclic amines) is 1. The van der Waals surface area contributed by atoms with Crippen LogP contribution in [0.4, 0.5) is 0 Å². The number of carbonyl (C=O) groups is 2. The first-order valence-corrected chi connectivity index (χ1v) is 8.75. The molecule has 0 saturated carbocycles. The average molecular weight is 339 g/mol. The lowest BCUT2D eigenvalue weighted by Crippen LogP contribution is -2.25. The highest BCUT2D eigenvalue weighted by molar-refractivity contribution is 5.89. The van der Waals surface area contributed by atoms with Gasteiger partial charge in [0.1, 0.15) is 0 Å². The fourth-order valence-electron chi connectivity index (χ4n) is 3.67. The van der Waals surface area contributed by atoms with Crippen molar-refractivity contribution in [3.8, 4) is 0 Å². The highest BCUT2D eigenvalue weighted by Gasteiger charge is 2.31. The molecular formula is C19H21N3O3. The zero-order valence-electron chi connectivity index (χ0n) is 14.0. The van der Waals surface area contributed by atoms with Gasteiger partial charge in [0.15, 0.2) is 5.69 Å². The molecule has 1 aliphatic heterocycles. The molecular weight excluding hydrogens is 318 g/mol. The maximum Gasteiger partial charge on any atom is 0.359 e. The largest absolute Gasteiger partial charge is 0.461 e. The molecule has 25 heavy (non-hydrogen) atoms. The van der Waals surface area contributed by atoms with Crippen molar-refractivity contribution in [1.29, 1.82) is 0 Å². The predicted molar refractivity (Wildman–Crippen MR) is 90.9 cm³/mol. The third-order valence-electron chi connectivity index (χ3n) is 4.96. The van der Waals surface area contributed by atoms with E-state index in [0.29, 0.717) is 25.2 Å². The van der Waals surface area contributed by atoms with Crippen LogP contribution in [0.2, 0.25) is 0 Å². The number of aryl methyl sites for hydroxylation is 1. The minimum atomic E-state index is -0.381. The molecule has 1 N–H and O–H groups in total. The molecule has 2 aliphatic rings. The number of H-pyrrole nitrogens is 1. The van der Waals surface area contributed by atoms with Crippen molar-refractivity contribution in [2.75, 3.05) is 13.2 Å². The Hall–Kier alpha value is -2.63. The van der Waals surface area contributed by atoms with Gasteiger partial charge >= 0.3 is 5.97 Å². The van der Waals surface area contributed by atoms with Gasteiger partial charge in [0.2, 0.25) is 5.91 Å². The number of hydrogen-bond acceptors (Lipinski definition) is 4. The first kappa shape index (κ1) is 15.9. The summed E-state index contributed by atoms with van der Waals surface area (Å²) in [6.45, 7) is 1.49. The van der Waals surface area contributed by atoms with E-state index in [-0.39, 0.29) is 24.4 Å². The van der Waals surface area contributed by atoms with Crippen LogP contribution in [0.15, 0.2) is 30.3 Å². The monoisotopic (exact) mass is 339 g/mol. The Kier molecular flexibility index (Phi) is 4.26. The van der Waals surface area contributed by atoms with E-state index in [9.17, 15) is 9.59 Å². The molecule has 2 heterocycles. The molecule has 130 valence electrons. The summed E-state index contributed by atoms with van der Waals surface area (Å²) in [5.41, 5.74) is 3.58. The van der Waals surface area contributed by atoms with Crippen LogP contribution in [0.3, 0.4) is 0 Å². The van der Waals surface area contributed by atoms with Gasteiger partial charge in [-0.05, 0) is 24.8 Å². The molecule has 0 unspecified atom stereocenters. The van der Waals surface area contributed by atoms with Gasteiger partial charge in [0, 0.05) is 36.7 Å². The Labute approximate surface area is 146 Å². The third kappa shape index (κ3) is 3.29. The van der Waals surface area contributed by atoms with E-state index in [1.54, 1.807) is 0 Å². The van der Waals surface area contributed by atoms with E-state index >= 15 is 0 Å². The summed E-state index contributed by atoms with van der Waals surface area (Å²) in [4.78, 5) is 26.3. The van der Waals surface area contributed by atoms with Gasteiger partial charge in [-0.1, -0.05) is 30.3 Å². The SMILES string of the molecule is O=C(OC[C@H]1CC(=O)N(Cc2ccccc2)C1)c1n[nH]c2c1CCC2. The van der Waals surface area contributed by atoms with Crippen molar-refractivity contribution >= 4 is 11.9 Å². The molecule has 1 aromatic heterocycles. The van der Waals surface area contributed by atoms with E-state index in [0.717, 1.165) is 36.1 Å². The summed E-state index contributed by atoms with van der Waals surface area (Å²) in [5, 5.41) is 7.02. The lowest BCUT2D eigenvalue weighted by atomic mass is 10.1. The molecule has 1 atom stereocenters. The quantitative estimate of drug-likeness (QED) is 0.847. The topological polar surface area (TPSA) is 75.3 Å².